The molecule has 1 atom stereocenters. The molecule has 0 aliphatic heterocycles. The first-order chi connectivity index (χ1) is 8.78. The lowest BCUT2D eigenvalue weighted by molar-refractivity contribution is 0.237. The Balaban J connectivity index is 1.87. The molecule has 0 aliphatic rings. The van der Waals surface area contributed by atoms with Gasteiger partial charge in [0.25, 0.3) is 0 Å². The van der Waals surface area contributed by atoms with Crippen LogP contribution in [0, 0.1) is 5.92 Å². The van der Waals surface area contributed by atoms with Crippen molar-refractivity contribution in [1.29, 1.82) is 0 Å². The molecular weight excluding hydrogens is 242 g/mol. The van der Waals surface area contributed by atoms with E-state index in [1.807, 2.05) is 29.8 Å². The van der Waals surface area contributed by atoms with Crippen LogP contribution in [0.2, 0.25) is 0 Å². The minimum Gasteiger partial charge on any atom is -0.396 e. The fourth-order valence-electron chi connectivity index (χ4n) is 1.89. The van der Waals surface area contributed by atoms with Crippen LogP contribution in [0.1, 0.15) is 22.2 Å². The lowest BCUT2D eigenvalue weighted by Gasteiger charge is -2.04. The van der Waals surface area contributed by atoms with E-state index in [2.05, 4.69) is 30.1 Å². The van der Waals surface area contributed by atoms with Crippen molar-refractivity contribution in [1.82, 2.24) is 4.98 Å². The molecule has 0 saturated carbocycles. The van der Waals surface area contributed by atoms with E-state index in [1.165, 1.54) is 15.3 Å². The number of aryl methyl sites for hydroxylation is 2. The number of thiophene rings is 1. The van der Waals surface area contributed by atoms with Crippen LogP contribution in [0.25, 0.3) is 0 Å². The van der Waals surface area contributed by atoms with Crippen molar-refractivity contribution in [3.8, 4) is 0 Å². The van der Waals surface area contributed by atoms with Gasteiger partial charge in [-0.1, -0.05) is 13.0 Å². The molecule has 2 aromatic rings. The van der Waals surface area contributed by atoms with Crippen molar-refractivity contribution in [2.45, 2.75) is 26.2 Å². The monoisotopic (exact) mass is 261 g/mol. The molecule has 2 heterocycles. The van der Waals surface area contributed by atoms with Crippen LogP contribution in [0.5, 0.6) is 0 Å². The Bertz CT molecular complexity index is 466. The first kappa shape index (κ1) is 13.2. The number of aliphatic hydroxyl groups is 1. The first-order valence-corrected chi connectivity index (χ1v) is 7.17. The van der Waals surface area contributed by atoms with Gasteiger partial charge in [0.2, 0.25) is 0 Å². The van der Waals surface area contributed by atoms with Crippen molar-refractivity contribution >= 4 is 11.3 Å². The summed E-state index contributed by atoms with van der Waals surface area (Å²) in [5, 5.41) is 9.05. The van der Waals surface area contributed by atoms with Gasteiger partial charge in [-0.15, -0.1) is 11.3 Å². The Labute approximate surface area is 112 Å². The van der Waals surface area contributed by atoms with Gasteiger partial charge < -0.3 is 5.11 Å². The van der Waals surface area contributed by atoms with Crippen molar-refractivity contribution in [3.63, 3.8) is 0 Å². The molecule has 0 saturated heterocycles. The summed E-state index contributed by atoms with van der Waals surface area (Å²) in [6.45, 7) is 2.35. The van der Waals surface area contributed by atoms with E-state index in [0.29, 0.717) is 5.92 Å². The van der Waals surface area contributed by atoms with E-state index in [1.54, 1.807) is 0 Å². The zero-order chi connectivity index (χ0) is 12.8. The number of rotatable bonds is 6. The van der Waals surface area contributed by atoms with Crippen molar-refractivity contribution in [3.05, 3.63) is 52.0 Å². The van der Waals surface area contributed by atoms with Crippen LogP contribution in [0.15, 0.2) is 36.7 Å². The minimum absolute atomic E-state index is 0.267. The molecule has 0 radical (unpaired) electrons. The van der Waals surface area contributed by atoms with Crippen molar-refractivity contribution < 1.29 is 5.11 Å². The lowest BCUT2D eigenvalue weighted by atomic mass is 10.1. The fraction of sp³-hybridized carbons (Fsp3) is 0.400. The maximum absolute atomic E-state index is 9.05. The highest BCUT2D eigenvalue weighted by Crippen LogP contribution is 2.21. The highest BCUT2D eigenvalue weighted by molar-refractivity contribution is 7.11. The van der Waals surface area contributed by atoms with Gasteiger partial charge >= 0.3 is 0 Å². The van der Waals surface area contributed by atoms with E-state index >= 15 is 0 Å². The quantitative estimate of drug-likeness (QED) is 0.866. The highest BCUT2D eigenvalue weighted by Gasteiger charge is 2.05. The highest BCUT2D eigenvalue weighted by atomic mass is 32.1. The molecule has 0 fully saturated rings. The Morgan fingerprint density at radius 2 is 2.06 bits per heavy atom. The lowest BCUT2D eigenvalue weighted by Crippen LogP contribution is -2.02. The van der Waals surface area contributed by atoms with Crippen LogP contribution in [-0.2, 0) is 19.3 Å². The van der Waals surface area contributed by atoms with Crippen LogP contribution < -0.4 is 0 Å². The third-order valence-electron chi connectivity index (χ3n) is 2.96. The molecule has 3 heteroatoms. The Morgan fingerprint density at radius 3 is 2.78 bits per heavy atom. The molecule has 18 heavy (non-hydrogen) atoms. The number of hydrogen-bond acceptors (Lipinski definition) is 3. The Morgan fingerprint density at radius 1 is 1.22 bits per heavy atom. The molecule has 96 valence electrons. The number of nitrogens with zero attached hydrogens (tertiary/aromatic N) is 1. The molecule has 2 rings (SSSR count). The molecule has 2 nitrogen and oxygen atoms in total. The minimum atomic E-state index is 0.267. The second-order valence-electron chi connectivity index (χ2n) is 4.72. The normalized spacial score (nSPS) is 12.6. The predicted octanol–water partition coefficient (Wildman–Crippen LogP) is 3.10. The van der Waals surface area contributed by atoms with E-state index < -0.39 is 0 Å². The van der Waals surface area contributed by atoms with Crippen molar-refractivity contribution in [2.75, 3.05) is 6.61 Å². The van der Waals surface area contributed by atoms with E-state index in [9.17, 15) is 0 Å². The maximum atomic E-state index is 9.05. The number of aliphatic hydroxyl groups excluding tert-OH is 1. The third-order valence-corrected chi connectivity index (χ3v) is 4.13. The summed E-state index contributed by atoms with van der Waals surface area (Å²) in [5.74, 6) is 0.356. The standard InChI is InChI=1S/C15H19NOS/c1-12(11-17)9-15-7-6-14(18-15)5-4-13-3-2-8-16-10-13/h2-3,6-8,10,12,17H,4-5,9,11H2,1H3/t12-/m1/s1. The molecule has 0 amide bonds. The summed E-state index contributed by atoms with van der Waals surface area (Å²) >= 11 is 1.86. The Hall–Kier alpha value is -1.19. The van der Waals surface area contributed by atoms with Crippen LogP contribution >= 0.6 is 11.3 Å². The van der Waals surface area contributed by atoms with Gasteiger partial charge in [-0.2, -0.15) is 0 Å². The van der Waals surface area contributed by atoms with Gasteiger partial charge in [0.1, 0.15) is 0 Å². The summed E-state index contributed by atoms with van der Waals surface area (Å²) in [6.07, 6.45) is 6.84. The average molecular weight is 261 g/mol. The summed E-state index contributed by atoms with van der Waals surface area (Å²) in [7, 11) is 0. The molecule has 1 N–H and O–H groups in total. The van der Waals surface area contributed by atoms with Gasteiger partial charge in [-0.25, -0.2) is 0 Å². The van der Waals surface area contributed by atoms with Gasteiger partial charge in [0, 0.05) is 28.8 Å². The van der Waals surface area contributed by atoms with Crippen LogP contribution in [-0.4, -0.2) is 16.7 Å². The zero-order valence-corrected chi connectivity index (χ0v) is 11.5. The summed E-state index contributed by atoms with van der Waals surface area (Å²) in [6, 6.07) is 8.50. The molecule has 0 aliphatic carbocycles. The van der Waals surface area contributed by atoms with E-state index in [4.69, 9.17) is 5.11 Å². The number of pyridine rings is 1. The number of aromatic nitrogens is 1. The van der Waals surface area contributed by atoms with Gasteiger partial charge in [-0.05, 0) is 48.9 Å². The summed E-state index contributed by atoms with van der Waals surface area (Å²) < 4.78 is 0. The SMILES string of the molecule is C[C@@H](CO)Cc1ccc(CCc2cccnc2)s1. The molecule has 2 aromatic heterocycles. The zero-order valence-electron chi connectivity index (χ0n) is 10.7. The first-order valence-electron chi connectivity index (χ1n) is 6.35. The number of hydrogen-bond donors (Lipinski definition) is 1. The predicted molar refractivity (Wildman–Crippen MR) is 75.9 cm³/mol. The second kappa shape index (κ2) is 6.66. The van der Waals surface area contributed by atoms with E-state index in [-0.39, 0.29) is 6.61 Å². The third kappa shape index (κ3) is 3.93. The molecular formula is C15H19NOS. The molecule has 0 spiro atoms. The average Bonchev–Trinajstić information content (AvgIpc) is 2.85. The van der Waals surface area contributed by atoms with E-state index in [0.717, 1.165) is 19.3 Å². The van der Waals surface area contributed by atoms with Gasteiger partial charge in [0.05, 0.1) is 0 Å². The fourth-order valence-corrected chi connectivity index (χ4v) is 3.07. The largest absolute Gasteiger partial charge is 0.396 e. The molecule has 0 aromatic carbocycles. The maximum Gasteiger partial charge on any atom is 0.0460 e. The molecule has 0 unspecified atom stereocenters. The van der Waals surface area contributed by atoms with Crippen LogP contribution in [0.3, 0.4) is 0 Å². The van der Waals surface area contributed by atoms with Crippen LogP contribution in [0.4, 0.5) is 0 Å². The summed E-state index contributed by atoms with van der Waals surface area (Å²) in [5.41, 5.74) is 1.29. The summed E-state index contributed by atoms with van der Waals surface area (Å²) in [4.78, 5) is 6.92. The topological polar surface area (TPSA) is 33.1 Å². The van der Waals surface area contributed by atoms with Crippen molar-refractivity contribution in [2.24, 2.45) is 5.92 Å². The second-order valence-corrected chi connectivity index (χ2v) is 5.97. The smallest absolute Gasteiger partial charge is 0.0460 e. The van der Waals surface area contributed by atoms with Gasteiger partial charge in [-0.3, -0.25) is 4.98 Å². The Kier molecular flexibility index (Phi) is 4.90. The van der Waals surface area contributed by atoms with Gasteiger partial charge in [0.15, 0.2) is 0 Å². The molecule has 0 bridgehead atoms.